The number of carbonyl (C=O) groups excluding carboxylic acids is 3. The van der Waals surface area contributed by atoms with Crippen LogP contribution in [0.5, 0.6) is 0 Å². The van der Waals surface area contributed by atoms with E-state index in [9.17, 15) is 14.4 Å². The minimum absolute atomic E-state index is 0.0498. The molecular weight excluding hydrogens is 436 g/mol. The van der Waals surface area contributed by atoms with Crippen molar-refractivity contribution in [3.8, 4) is 0 Å². The zero-order valence-corrected chi connectivity index (χ0v) is 19.5. The van der Waals surface area contributed by atoms with Crippen molar-refractivity contribution >= 4 is 40.3 Å². The maximum atomic E-state index is 12.6. The first-order valence-corrected chi connectivity index (χ1v) is 12.1. The Hall–Kier alpha value is -3.13. The van der Waals surface area contributed by atoms with Gasteiger partial charge >= 0.3 is 0 Å². The molecule has 4 rings (SSSR count). The molecule has 1 saturated heterocycles. The summed E-state index contributed by atoms with van der Waals surface area (Å²) in [5.74, 6) is -0.735. The number of carbonyl (C=O) groups is 3. The molecule has 0 radical (unpaired) electrons. The number of thioether (sulfide) groups is 1. The first-order valence-electron chi connectivity index (χ1n) is 11.3. The summed E-state index contributed by atoms with van der Waals surface area (Å²) in [5, 5.41) is 5.95. The van der Waals surface area contributed by atoms with Gasteiger partial charge in [0.05, 0.1) is 0 Å². The Bertz CT molecular complexity index is 1060. The third-order valence-electron chi connectivity index (χ3n) is 5.71. The Morgan fingerprint density at radius 2 is 1.85 bits per heavy atom. The molecule has 2 aromatic carbocycles. The molecule has 2 aromatic rings. The summed E-state index contributed by atoms with van der Waals surface area (Å²) < 4.78 is 0. The second kappa shape index (κ2) is 10.7. The zero-order valence-electron chi connectivity index (χ0n) is 18.7. The Labute approximate surface area is 198 Å². The number of nitrogens with zero attached hydrogens (tertiary/aromatic N) is 2. The van der Waals surface area contributed by atoms with Crippen LogP contribution in [0.2, 0.25) is 0 Å². The molecule has 33 heavy (non-hydrogen) atoms. The summed E-state index contributed by atoms with van der Waals surface area (Å²) in [4.78, 5) is 43.7. The lowest BCUT2D eigenvalue weighted by molar-refractivity contribution is -0.121. The Kier molecular flexibility index (Phi) is 7.44. The molecule has 7 nitrogen and oxygen atoms in total. The average molecular weight is 465 g/mol. The number of nitrogens with one attached hydrogen (secondary N) is 2. The van der Waals surface area contributed by atoms with Crippen LogP contribution in [0.25, 0.3) is 0 Å². The van der Waals surface area contributed by atoms with Crippen molar-refractivity contribution in [3.63, 3.8) is 0 Å². The van der Waals surface area contributed by atoms with Crippen molar-refractivity contribution in [2.45, 2.75) is 44.4 Å². The molecule has 2 aliphatic rings. The fourth-order valence-electron chi connectivity index (χ4n) is 3.84. The van der Waals surface area contributed by atoms with Crippen molar-refractivity contribution in [2.24, 2.45) is 4.99 Å². The first kappa shape index (κ1) is 23.0. The van der Waals surface area contributed by atoms with Crippen molar-refractivity contribution in [1.29, 1.82) is 0 Å². The third-order valence-corrected chi connectivity index (χ3v) is 6.92. The number of hydrogen-bond donors (Lipinski definition) is 2. The van der Waals surface area contributed by atoms with Gasteiger partial charge in [-0.2, -0.15) is 4.99 Å². The fourth-order valence-corrected chi connectivity index (χ4v) is 4.96. The summed E-state index contributed by atoms with van der Waals surface area (Å²) in [6.45, 7) is 4.27. The number of likely N-dealkylation sites (tertiary alicyclic amines) is 1. The second-order valence-electron chi connectivity index (χ2n) is 8.39. The van der Waals surface area contributed by atoms with Crippen molar-refractivity contribution in [1.82, 2.24) is 10.2 Å². The van der Waals surface area contributed by atoms with Gasteiger partial charge in [-0.3, -0.25) is 14.4 Å². The lowest BCUT2D eigenvalue weighted by atomic mass is 10.1. The predicted octanol–water partition coefficient (Wildman–Crippen LogP) is 3.74. The molecular formula is C25H28N4O3S. The monoisotopic (exact) mass is 464 g/mol. The number of piperidine rings is 1. The highest BCUT2D eigenvalue weighted by Crippen LogP contribution is 2.29. The second-order valence-corrected chi connectivity index (χ2v) is 9.56. The molecule has 2 heterocycles. The van der Waals surface area contributed by atoms with Crippen LogP contribution in [-0.4, -0.2) is 46.1 Å². The van der Waals surface area contributed by atoms with E-state index in [1.165, 1.54) is 23.7 Å². The van der Waals surface area contributed by atoms with Gasteiger partial charge in [-0.05, 0) is 49.9 Å². The van der Waals surface area contributed by atoms with Crippen LogP contribution in [0.3, 0.4) is 0 Å². The van der Waals surface area contributed by atoms with E-state index in [1.54, 1.807) is 24.3 Å². The van der Waals surface area contributed by atoms with E-state index >= 15 is 0 Å². The van der Waals surface area contributed by atoms with Crippen LogP contribution >= 0.6 is 11.8 Å². The summed E-state index contributed by atoms with van der Waals surface area (Å²) in [7, 11) is 0. The van der Waals surface area contributed by atoms with E-state index in [0.29, 0.717) is 17.8 Å². The summed E-state index contributed by atoms with van der Waals surface area (Å²) >= 11 is 1.38. The quantitative estimate of drug-likeness (QED) is 0.680. The molecule has 0 aromatic heterocycles. The van der Waals surface area contributed by atoms with Crippen LogP contribution < -0.4 is 10.6 Å². The molecule has 1 fully saturated rings. The highest BCUT2D eigenvalue weighted by Gasteiger charge is 2.33. The molecule has 1 atom stereocenters. The molecule has 2 N–H and O–H groups in total. The highest BCUT2D eigenvalue weighted by atomic mass is 32.2. The number of hydrogen-bond acceptors (Lipinski definition) is 5. The lowest BCUT2D eigenvalue weighted by Gasteiger charge is -2.27. The minimum Gasteiger partial charge on any atom is -0.351 e. The van der Waals surface area contributed by atoms with E-state index in [0.717, 1.165) is 36.7 Å². The molecule has 0 bridgehead atoms. The van der Waals surface area contributed by atoms with E-state index < -0.39 is 5.25 Å². The number of rotatable bonds is 6. The molecule has 0 saturated carbocycles. The van der Waals surface area contributed by atoms with Crippen LogP contribution in [-0.2, 0) is 16.1 Å². The fraction of sp³-hybridized carbons (Fsp3) is 0.360. The summed E-state index contributed by atoms with van der Waals surface area (Å²) in [6, 6.07) is 14.8. The summed E-state index contributed by atoms with van der Waals surface area (Å²) in [6.07, 6.45) is 3.47. The van der Waals surface area contributed by atoms with Crippen LogP contribution in [0.15, 0.2) is 53.5 Å². The Morgan fingerprint density at radius 3 is 2.61 bits per heavy atom. The van der Waals surface area contributed by atoms with Gasteiger partial charge in [0.2, 0.25) is 5.91 Å². The van der Waals surface area contributed by atoms with Crippen LogP contribution in [0, 0.1) is 6.92 Å². The SMILES string of the molecule is Cc1ccc(CNC(=O)c2cccc(NC(=O)CC3SC(N4CCCCC4)=NC3=O)c2)cc1. The standard InChI is InChI=1S/C25H28N4O3S/c1-17-8-10-18(11-9-17)16-26-23(31)19-6-5-7-20(14-19)27-22(30)15-21-24(32)28-25(33-21)29-12-3-2-4-13-29/h5-11,14,21H,2-4,12-13,15-16H2,1H3,(H,26,31)(H,27,30). The zero-order chi connectivity index (χ0) is 23.2. The van der Waals surface area contributed by atoms with Gasteiger partial charge < -0.3 is 15.5 Å². The normalized spacial score (nSPS) is 18.1. The molecule has 8 heteroatoms. The van der Waals surface area contributed by atoms with E-state index in [1.807, 2.05) is 31.2 Å². The Balaban J connectivity index is 1.29. The van der Waals surface area contributed by atoms with Gasteiger partial charge in [-0.1, -0.05) is 47.7 Å². The van der Waals surface area contributed by atoms with E-state index in [2.05, 4.69) is 20.5 Å². The molecule has 1 unspecified atom stereocenters. The summed E-state index contributed by atoms with van der Waals surface area (Å²) in [5.41, 5.74) is 3.17. The van der Waals surface area contributed by atoms with E-state index in [-0.39, 0.29) is 24.1 Å². The third kappa shape index (κ3) is 6.22. The van der Waals surface area contributed by atoms with Gasteiger partial charge in [0.25, 0.3) is 11.8 Å². The minimum atomic E-state index is -0.497. The lowest BCUT2D eigenvalue weighted by Crippen LogP contribution is -2.33. The number of amides is 3. The number of aryl methyl sites for hydroxylation is 1. The molecule has 0 aliphatic carbocycles. The number of aliphatic imine (C=N–C) groups is 1. The van der Waals surface area contributed by atoms with Crippen molar-refractivity contribution < 1.29 is 14.4 Å². The number of amidine groups is 1. The molecule has 172 valence electrons. The largest absolute Gasteiger partial charge is 0.351 e. The molecule has 0 spiro atoms. The maximum absolute atomic E-state index is 12.6. The molecule has 2 aliphatic heterocycles. The van der Waals surface area contributed by atoms with Gasteiger partial charge in [-0.25, -0.2) is 0 Å². The smallest absolute Gasteiger partial charge is 0.262 e. The van der Waals surface area contributed by atoms with Gasteiger partial charge in [-0.15, -0.1) is 0 Å². The maximum Gasteiger partial charge on any atom is 0.262 e. The molecule has 3 amide bonds. The predicted molar refractivity (Wildman–Crippen MR) is 131 cm³/mol. The van der Waals surface area contributed by atoms with Gasteiger partial charge in [0, 0.05) is 37.3 Å². The Morgan fingerprint density at radius 1 is 1.09 bits per heavy atom. The van der Waals surface area contributed by atoms with Gasteiger partial charge in [0.1, 0.15) is 5.25 Å². The number of benzene rings is 2. The average Bonchev–Trinajstić information content (AvgIpc) is 3.19. The van der Waals surface area contributed by atoms with Gasteiger partial charge in [0.15, 0.2) is 5.17 Å². The topological polar surface area (TPSA) is 90.9 Å². The number of anilines is 1. The van der Waals surface area contributed by atoms with E-state index in [4.69, 9.17) is 0 Å². The van der Waals surface area contributed by atoms with Crippen LogP contribution in [0.1, 0.15) is 47.2 Å². The first-order chi connectivity index (χ1) is 16.0. The van der Waals surface area contributed by atoms with Crippen LogP contribution in [0.4, 0.5) is 5.69 Å². The highest BCUT2D eigenvalue weighted by molar-refractivity contribution is 8.15. The van der Waals surface area contributed by atoms with Crippen molar-refractivity contribution in [2.75, 3.05) is 18.4 Å². The van der Waals surface area contributed by atoms with Crippen molar-refractivity contribution in [3.05, 3.63) is 65.2 Å².